The first-order valence-corrected chi connectivity index (χ1v) is 15.6. The predicted molar refractivity (Wildman–Crippen MR) is 158 cm³/mol. The number of rotatable bonds is 0. The monoisotopic (exact) mass is 567 g/mol. The molecule has 0 aromatic heterocycles. The second-order valence-electron chi connectivity index (χ2n) is 12.1. The number of hydrogen-bond acceptors (Lipinski definition) is 5. The van der Waals surface area contributed by atoms with E-state index in [2.05, 4.69) is 40.9 Å². The summed E-state index contributed by atoms with van der Waals surface area (Å²) in [6, 6.07) is 12.2. The van der Waals surface area contributed by atoms with Crippen LogP contribution in [-0.4, -0.2) is 43.3 Å². The molecule has 1 spiro atoms. The Morgan fingerprint density at radius 1 is 1.10 bits per heavy atom. The van der Waals surface area contributed by atoms with Crippen LogP contribution in [0.5, 0.6) is 5.75 Å². The van der Waals surface area contributed by atoms with Crippen LogP contribution < -0.4 is 19.7 Å². The molecule has 6 nitrogen and oxygen atoms in total. The lowest BCUT2D eigenvalue weighted by molar-refractivity contribution is -0.122. The van der Waals surface area contributed by atoms with E-state index in [-0.39, 0.29) is 28.4 Å². The van der Waals surface area contributed by atoms with Gasteiger partial charge in [-0.2, -0.15) is 0 Å². The minimum Gasteiger partial charge on any atom is -0.490 e. The van der Waals surface area contributed by atoms with Gasteiger partial charge < -0.3 is 15.0 Å². The summed E-state index contributed by atoms with van der Waals surface area (Å²) >= 11 is 7.79. The van der Waals surface area contributed by atoms with E-state index >= 15 is 0 Å². The second-order valence-corrected chi connectivity index (χ2v) is 13.7. The highest BCUT2D eigenvalue weighted by atomic mass is 35.5. The van der Waals surface area contributed by atoms with Crippen LogP contribution in [0.3, 0.4) is 0 Å². The normalized spacial score (nSPS) is 31.1. The average molecular weight is 568 g/mol. The molecule has 1 fully saturated rings. The first-order valence-electron chi connectivity index (χ1n) is 14.3. The van der Waals surface area contributed by atoms with Gasteiger partial charge in [-0.1, -0.05) is 31.5 Å². The van der Waals surface area contributed by atoms with Crippen molar-refractivity contribution in [1.82, 2.24) is 10.0 Å². The van der Waals surface area contributed by atoms with Gasteiger partial charge in [-0.25, -0.2) is 0 Å². The maximum atomic E-state index is 13.2. The van der Waals surface area contributed by atoms with Gasteiger partial charge in [0.2, 0.25) is 5.91 Å². The third kappa shape index (κ3) is 5.37. The molecule has 6 rings (SSSR count). The topological polar surface area (TPSA) is 70.7 Å². The van der Waals surface area contributed by atoms with Crippen molar-refractivity contribution in [3.8, 4) is 5.75 Å². The van der Waals surface area contributed by atoms with E-state index < -0.39 is 0 Å². The molecule has 2 heterocycles. The fourth-order valence-corrected chi connectivity index (χ4v) is 7.72. The van der Waals surface area contributed by atoms with E-state index in [0.717, 1.165) is 68.2 Å². The summed E-state index contributed by atoms with van der Waals surface area (Å²) in [5.74, 6) is 1.93. The zero-order chi connectivity index (χ0) is 27.1. The third-order valence-electron chi connectivity index (χ3n) is 9.54. The minimum atomic E-state index is -0.144. The summed E-state index contributed by atoms with van der Waals surface area (Å²) in [5, 5.41) is 4.11. The Bertz CT molecular complexity index is 1270. The molecular weight excluding hydrogens is 530 g/mol. The number of hydrogen-bond donors (Lipinski definition) is 2. The fraction of sp³-hybridized carbons (Fsp3) is 0.548. The Hall–Kier alpha value is -2.38. The van der Waals surface area contributed by atoms with Crippen LogP contribution >= 0.6 is 23.5 Å². The van der Waals surface area contributed by atoms with Crippen molar-refractivity contribution in [2.24, 2.45) is 17.8 Å². The van der Waals surface area contributed by atoms with Gasteiger partial charge in [0.05, 0.1) is 12.3 Å². The minimum absolute atomic E-state index is 0.103. The Kier molecular flexibility index (Phi) is 7.49. The lowest BCUT2D eigenvalue weighted by Gasteiger charge is -2.44. The van der Waals surface area contributed by atoms with Crippen LogP contribution in [0.25, 0.3) is 0 Å². The van der Waals surface area contributed by atoms with Gasteiger partial charge in [0.1, 0.15) is 5.75 Å². The van der Waals surface area contributed by atoms with Crippen molar-refractivity contribution in [3.63, 3.8) is 0 Å². The highest BCUT2D eigenvalue weighted by molar-refractivity contribution is 7.98. The van der Waals surface area contributed by atoms with E-state index in [4.69, 9.17) is 16.3 Å². The Morgan fingerprint density at radius 3 is 2.77 bits per heavy atom. The van der Waals surface area contributed by atoms with Crippen molar-refractivity contribution < 1.29 is 14.3 Å². The number of nitrogens with one attached hydrogen (secondary N) is 2. The number of amides is 2. The number of ether oxygens (including phenoxy) is 1. The van der Waals surface area contributed by atoms with Gasteiger partial charge in [0.15, 0.2) is 0 Å². The number of aryl methyl sites for hydroxylation is 1. The molecule has 0 radical (unpaired) electrons. The van der Waals surface area contributed by atoms with E-state index in [0.29, 0.717) is 30.4 Å². The predicted octanol–water partition coefficient (Wildman–Crippen LogP) is 5.76. The molecule has 5 atom stereocenters. The van der Waals surface area contributed by atoms with Crippen molar-refractivity contribution in [1.29, 1.82) is 0 Å². The summed E-state index contributed by atoms with van der Waals surface area (Å²) < 4.78 is 9.62. The zero-order valence-corrected chi connectivity index (χ0v) is 24.4. The van der Waals surface area contributed by atoms with Crippen molar-refractivity contribution >= 4 is 41.1 Å². The molecule has 2 aromatic rings. The summed E-state index contributed by atoms with van der Waals surface area (Å²) in [6.45, 7) is 7.19. The van der Waals surface area contributed by atoms with Gasteiger partial charge in [0, 0.05) is 47.3 Å². The van der Waals surface area contributed by atoms with E-state index in [1.807, 2.05) is 24.3 Å². The van der Waals surface area contributed by atoms with E-state index in [1.54, 1.807) is 0 Å². The maximum absolute atomic E-state index is 13.2. The van der Waals surface area contributed by atoms with Crippen LogP contribution in [0.2, 0.25) is 5.02 Å². The van der Waals surface area contributed by atoms with Crippen molar-refractivity contribution in [2.75, 3.05) is 31.1 Å². The van der Waals surface area contributed by atoms with E-state index in [9.17, 15) is 9.59 Å². The number of halogens is 1. The molecule has 2 aliphatic carbocycles. The Balaban J connectivity index is 1.37. The molecule has 0 saturated heterocycles. The highest BCUT2D eigenvalue weighted by Crippen LogP contribution is 2.46. The van der Waals surface area contributed by atoms with Crippen molar-refractivity contribution in [3.05, 3.63) is 58.1 Å². The lowest BCUT2D eigenvalue weighted by atomic mass is 9.69. The number of carbonyl (C=O) groups is 2. The van der Waals surface area contributed by atoms with E-state index in [1.165, 1.54) is 23.1 Å². The molecular formula is C31H38ClN3O3S. The molecule has 2 bridgehead atoms. The van der Waals surface area contributed by atoms with Crippen LogP contribution in [0.15, 0.2) is 36.4 Å². The number of anilines is 1. The largest absolute Gasteiger partial charge is 0.490 e. The van der Waals surface area contributed by atoms with Gasteiger partial charge >= 0.3 is 0 Å². The molecule has 2 amide bonds. The Labute approximate surface area is 240 Å². The SMILES string of the molecule is C[C@@H]1SNC(=O)c2ccc3c(c2)N(C[C@@H]2CC[C@H]2CNC(=O)C[C@@H]1C)C[C@@]1(CCCc2cc(Cl)ccc21)CO3. The summed E-state index contributed by atoms with van der Waals surface area (Å²) in [5.41, 5.74) is 4.15. The summed E-state index contributed by atoms with van der Waals surface area (Å²) in [6.07, 6.45) is 5.94. The van der Waals surface area contributed by atoms with Gasteiger partial charge in [-0.05, 0) is 103 Å². The Morgan fingerprint density at radius 2 is 1.95 bits per heavy atom. The van der Waals surface area contributed by atoms with Crippen molar-refractivity contribution in [2.45, 2.75) is 63.0 Å². The number of carbonyl (C=O) groups excluding carboxylic acids is 2. The van der Waals surface area contributed by atoms with Crippen LogP contribution in [0.1, 0.15) is 67.4 Å². The molecule has 0 unspecified atom stereocenters. The molecule has 2 aromatic carbocycles. The molecule has 2 N–H and O–H groups in total. The van der Waals surface area contributed by atoms with Gasteiger partial charge in [-0.3, -0.25) is 14.3 Å². The second kappa shape index (κ2) is 10.9. The zero-order valence-electron chi connectivity index (χ0n) is 22.8. The van der Waals surface area contributed by atoms with Gasteiger partial charge in [-0.15, -0.1) is 0 Å². The molecule has 208 valence electrons. The summed E-state index contributed by atoms with van der Waals surface area (Å²) in [4.78, 5) is 28.4. The van der Waals surface area contributed by atoms with Crippen LogP contribution in [-0.2, 0) is 16.6 Å². The third-order valence-corrected chi connectivity index (χ3v) is 10.9. The highest BCUT2D eigenvalue weighted by Gasteiger charge is 2.43. The molecule has 8 heteroatoms. The number of nitrogens with zero attached hydrogens (tertiary/aromatic N) is 1. The first kappa shape index (κ1) is 26.8. The van der Waals surface area contributed by atoms with Gasteiger partial charge in [0.25, 0.3) is 5.91 Å². The molecule has 2 aliphatic heterocycles. The molecule has 1 saturated carbocycles. The van der Waals surface area contributed by atoms with Crippen LogP contribution in [0.4, 0.5) is 5.69 Å². The number of benzene rings is 2. The maximum Gasteiger partial charge on any atom is 0.261 e. The fourth-order valence-electron chi connectivity index (χ4n) is 6.78. The average Bonchev–Trinajstić information content (AvgIpc) is 3.06. The first-order chi connectivity index (χ1) is 18.8. The molecule has 4 aliphatic rings. The molecule has 39 heavy (non-hydrogen) atoms. The van der Waals surface area contributed by atoms with Crippen LogP contribution in [0, 0.1) is 17.8 Å². The quantitative estimate of drug-likeness (QED) is 0.396. The lowest BCUT2D eigenvalue weighted by Crippen LogP contribution is -2.49. The smallest absolute Gasteiger partial charge is 0.261 e. The number of fused-ring (bicyclic) bond motifs is 4. The summed E-state index contributed by atoms with van der Waals surface area (Å²) in [7, 11) is 0. The standard InChI is InChI=1S/C31H38ClN3O3S/c1-19-12-29(36)33-15-23-5-6-24(23)16-35-17-31(11-3-4-21-13-25(32)8-9-26(21)31)18-38-28-10-7-22(14-27(28)35)30(37)34-39-20(19)2/h7-10,13-14,19-20,23-24H,3-6,11-12,15-18H2,1-2H3,(H,33,36)(H,34,37)/t19-,20-,23-,24-,31-/m0/s1.